The lowest BCUT2D eigenvalue weighted by molar-refractivity contribution is 0.0948. The van der Waals surface area contributed by atoms with E-state index in [1.807, 2.05) is 43.4 Å². The molecule has 1 aliphatic carbocycles. The SMILES string of the molecule is COc1ccc2c(c1)CCc1c-2n[nH]c1C(=O)NCCc1nc2ccccc2n1C. The summed E-state index contributed by atoms with van der Waals surface area (Å²) in [5.41, 5.74) is 6.72. The van der Waals surface area contributed by atoms with Gasteiger partial charge in [0.25, 0.3) is 5.91 Å². The number of carbonyl (C=O) groups is 1. The van der Waals surface area contributed by atoms with Crippen LogP contribution in [0.25, 0.3) is 22.3 Å². The number of amides is 1. The summed E-state index contributed by atoms with van der Waals surface area (Å²) in [5.74, 6) is 1.66. The van der Waals surface area contributed by atoms with E-state index in [2.05, 4.69) is 31.1 Å². The number of aromatic amines is 1. The van der Waals surface area contributed by atoms with Crippen molar-refractivity contribution in [1.29, 1.82) is 0 Å². The molecule has 7 nitrogen and oxygen atoms in total. The minimum atomic E-state index is -0.125. The molecule has 0 fully saturated rings. The lowest BCUT2D eigenvalue weighted by Crippen LogP contribution is -2.27. The minimum Gasteiger partial charge on any atom is -0.497 e. The van der Waals surface area contributed by atoms with Gasteiger partial charge in [-0.15, -0.1) is 0 Å². The van der Waals surface area contributed by atoms with Crippen molar-refractivity contribution < 1.29 is 9.53 Å². The molecule has 0 atom stereocenters. The summed E-state index contributed by atoms with van der Waals surface area (Å²) in [6.45, 7) is 0.511. The van der Waals surface area contributed by atoms with E-state index in [-0.39, 0.29) is 5.91 Å². The Bertz CT molecular complexity index is 1250. The van der Waals surface area contributed by atoms with Crippen molar-refractivity contribution in [3.8, 4) is 17.0 Å². The number of aromatic nitrogens is 4. The Morgan fingerprint density at radius 2 is 2.10 bits per heavy atom. The van der Waals surface area contributed by atoms with Crippen molar-refractivity contribution in [1.82, 2.24) is 25.1 Å². The zero-order valence-corrected chi connectivity index (χ0v) is 17.0. The van der Waals surface area contributed by atoms with Crippen LogP contribution in [0, 0.1) is 0 Å². The highest BCUT2D eigenvalue weighted by atomic mass is 16.5. The predicted molar refractivity (Wildman–Crippen MR) is 115 cm³/mol. The second kappa shape index (κ2) is 7.33. The lowest BCUT2D eigenvalue weighted by Gasteiger charge is -2.17. The number of H-pyrrole nitrogens is 1. The van der Waals surface area contributed by atoms with Gasteiger partial charge in [-0.05, 0) is 48.7 Å². The predicted octanol–water partition coefficient (Wildman–Crippen LogP) is 3.04. The zero-order valence-electron chi connectivity index (χ0n) is 17.0. The maximum Gasteiger partial charge on any atom is 0.269 e. The standard InChI is InChI=1S/C23H23N5O2/c1-28-19-6-4-3-5-18(19)25-20(28)11-12-24-23(29)22-17-9-7-14-13-15(30-2)8-10-16(14)21(17)26-27-22/h3-6,8,10,13H,7,9,11-12H2,1-2H3,(H,24,29)(H,26,27). The van der Waals surface area contributed by atoms with Gasteiger partial charge in [0.2, 0.25) is 0 Å². The van der Waals surface area contributed by atoms with Crippen LogP contribution in [0.2, 0.25) is 0 Å². The molecular weight excluding hydrogens is 378 g/mol. The highest BCUT2D eigenvalue weighted by Gasteiger charge is 2.25. The van der Waals surface area contributed by atoms with Gasteiger partial charge in [0.15, 0.2) is 0 Å². The number of hydrogen-bond donors (Lipinski definition) is 2. The number of aryl methyl sites for hydroxylation is 2. The van der Waals surface area contributed by atoms with Gasteiger partial charge in [0.1, 0.15) is 17.3 Å². The van der Waals surface area contributed by atoms with Crippen LogP contribution in [-0.2, 0) is 26.3 Å². The number of imidazole rings is 1. The van der Waals surface area contributed by atoms with Crippen molar-refractivity contribution in [2.45, 2.75) is 19.3 Å². The minimum absolute atomic E-state index is 0.125. The van der Waals surface area contributed by atoms with Crippen molar-refractivity contribution in [3.63, 3.8) is 0 Å². The van der Waals surface area contributed by atoms with Crippen LogP contribution in [0.1, 0.15) is 27.4 Å². The summed E-state index contributed by atoms with van der Waals surface area (Å²) in [4.78, 5) is 17.5. The zero-order chi connectivity index (χ0) is 20.7. The van der Waals surface area contributed by atoms with Crippen LogP contribution >= 0.6 is 0 Å². The molecule has 0 bridgehead atoms. The molecule has 0 spiro atoms. The number of nitrogens with one attached hydrogen (secondary N) is 2. The molecule has 2 aromatic heterocycles. The number of fused-ring (bicyclic) bond motifs is 4. The van der Waals surface area contributed by atoms with Crippen LogP contribution in [0.15, 0.2) is 42.5 Å². The first kappa shape index (κ1) is 18.4. The lowest BCUT2D eigenvalue weighted by atomic mass is 9.89. The molecule has 7 heteroatoms. The number of rotatable bonds is 5. The Kier molecular flexibility index (Phi) is 4.50. The summed E-state index contributed by atoms with van der Waals surface area (Å²) in [6.07, 6.45) is 2.30. The topological polar surface area (TPSA) is 84.8 Å². The van der Waals surface area contributed by atoms with Gasteiger partial charge in [0, 0.05) is 31.1 Å². The largest absolute Gasteiger partial charge is 0.497 e. The summed E-state index contributed by atoms with van der Waals surface area (Å²) in [5, 5.41) is 10.4. The van der Waals surface area contributed by atoms with Gasteiger partial charge >= 0.3 is 0 Å². The van der Waals surface area contributed by atoms with E-state index in [9.17, 15) is 4.79 Å². The summed E-state index contributed by atoms with van der Waals surface area (Å²) in [6, 6.07) is 14.0. The Labute approximate surface area is 174 Å². The maximum atomic E-state index is 12.8. The molecule has 0 saturated carbocycles. The van der Waals surface area contributed by atoms with Crippen molar-refractivity contribution in [3.05, 3.63) is 65.1 Å². The molecule has 0 unspecified atom stereocenters. The highest BCUT2D eigenvalue weighted by molar-refractivity contribution is 5.96. The number of para-hydroxylation sites is 2. The smallest absolute Gasteiger partial charge is 0.269 e. The molecule has 0 radical (unpaired) electrons. The molecule has 5 rings (SSSR count). The Morgan fingerprint density at radius 3 is 2.93 bits per heavy atom. The first-order chi connectivity index (χ1) is 14.7. The van der Waals surface area contributed by atoms with Crippen LogP contribution in [0.4, 0.5) is 0 Å². The Balaban J connectivity index is 1.30. The molecule has 1 amide bonds. The number of nitrogens with zero attached hydrogens (tertiary/aromatic N) is 3. The van der Waals surface area contributed by atoms with E-state index in [0.717, 1.165) is 52.3 Å². The van der Waals surface area contributed by atoms with Gasteiger partial charge in [-0.25, -0.2) is 4.98 Å². The number of methoxy groups -OCH3 is 1. The van der Waals surface area contributed by atoms with E-state index in [0.29, 0.717) is 18.7 Å². The van der Waals surface area contributed by atoms with Crippen LogP contribution in [-0.4, -0.2) is 39.3 Å². The fourth-order valence-corrected chi connectivity index (χ4v) is 4.21. The van der Waals surface area contributed by atoms with Crippen LogP contribution in [0.5, 0.6) is 5.75 Å². The van der Waals surface area contributed by atoms with Crippen molar-refractivity contribution >= 4 is 16.9 Å². The Hall–Kier alpha value is -3.61. The van der Waals surface area contributed by atoms with E-state index in [4.69, 9.17) is 4.74 Å². The van der Waals surface area contributed by atoms with E-state index in [1.54, 1.807) is 7.11 Å². The van der Waals surface area contributed by atoms with Gasteiger partial charge in [-0.2, -0.15) is 5.10 Å². The molecule has 1 aliphatic rings. The molecule has 0 saturated heterocycles. The third-order valence-corrected chi connectivity index (χ3v) is 5.82. The fraction of sp³-hybridized carbons (Fsp3) is 0.261. The molecule has 152 valence electrons. The summed E-state index contributed by atoms with van der Waals surface area (Å²) < 4.78 is 7.40. The molecule has 30 heavy (non-hydrogen) atoms. The summed E-state index contributed by atoms with van der Waals surface area (Å²) in [7, 11) is 3.67. The Morgan fingerprint density at radius 1 is 1.23 bits per heavy atom. The number of benzene rings is 2. The molecule has 4 aromatic rings. The quantitative estimate of drug-likeness (QED) is 0.538. The first-order valence-corrected chi connectivity index (χ1v) is 10.1. The second-order valence-corrected chi connectivity index (χ2v) is 7.53. The third-order valence-electron chi connectivity index (χ3n) is 5.82. The molecule has 2 N–H and O–H groups in total. The van der Waals surface area contributed by atoms with Crippen LogP contribution < -0.4 is 10.1 Å². The maximum absolute atomic E-state index is 12.8. The molecule has 2 aromatic carbocycles. The first-order valence-electron chi connectivity index (χ1n) is 10.1. The average molecular weight is 401 g/mol. The normalized spacial score (nSPS) is 12.5. The molecular formula is C23H23N5O2. The van der Waals surface area contributed by atoms with Crippen molar-refractivity contribution in [2.75, 3.05) is 13.7 Å². The summed E-state index contributed by atoms with van der Waals surface area (Å²) >= 11 is 0. The van der Waals surface area contributed by atoms with Gasteiger partial charge in [-0.3, -0.25) is 9.89 Å². The second-order valence-electron chi connectivity index (χ2n) is 7.53. The third kappa shape index (κ3) is 3.03. The van der Waals surface area contributed by atoms with Gasteiger partial charge in [-0.1, -0.05) is 12.1 Å². The monoisotopic (exact) mass is 401 g/mol. The highest BCUT2D eigenvalue weighted by Crippen LogP contribution is 2.35. The van der Waals surface area contributed by atoms with E-state index in [1.165, 1.54) is 5.56 Å². The number of ether oxygens (including phenoxy) is 1. The van der Waals surface area contributed by atoms with E-state index >= 15 is 0 Å². The van der Waals surface area contributed by atoms with Crippen molar-refractivity contribution in [2.24, 2.45) is 7.05 Å². The van der Waals surface area contributed by atoms with Gasteiger partial charge < -0.3 is 14.6 Å². The van der Waals surface area contributed by atoms with E-state index < -0.39 is 0 Å². The van der Waals surface area contributed by atoms with Crippen LogP contribution in [0.3, 0.4) is 0 Å². The average Bonchev–Trinajstić information content (AvgIpc) is 3.35. The number of carbonyl (C=O) groups excluding carboxylic acids is 1. The number of hydrogen-bond acceptors (Lipinski definition) is 4. The molecule has 0 aliphatic heterocycles. The molecule has 2 heterocycles. The fourth-order valence-electron chi connectivity index (χ4n) is 4.21. The van der Waals surface area contributed by atoms with Gasteiger partial charge in [0.05, 0.1) is 23.8 Å².